The summed E-state index contributed by atoms with van der Waals surface area (Å²) < 4.78 is 36.9. The number of hydrogen-bond donors (Lipinski definition) is 1. The van der Waals surface area contributed by atoms with Gasteiger partial charge in [0.25, 0.3) is 0 Å². The molecule has 8 heteroatoms. The molecule has 114 valence electrons. The van der Waals surface area contributed by atoms with E-state index in [9.17, 15) is 22.8 Å². The summed E-state index contributed by atoms with van der Waals surface area (Å²) in [5, 5.41) is 2.52. The van der Waals surface area contributed by atoms with E-state index in [0.717, 1.165) is 0 Å². The Balaban J connectivity index is 1.97. The summed E-state index contributed by atoms with van der Waals surface area (Å²) in [6.45, 7) is 0.202. The second-order valence-corrected chi connectivity index (χ2v) is 4.94. The van der Waals surface area contributed by atoms with Crippen molar-refractivity contribution < 1.29 is 22.8 Å². The van der Waals surface area contributed by atoms with Crippen molar-refractivity contribution in [3.8, 4) is 0 Å². The zero-order valence-corrected chi connectivity index (χ0v) is 11.3. The molecular formula is C13H14F3N3O2. The molecule has 1 saturated heterocycles. The van der Waals surface area contributed by atoms with Crippen LogP contribution in [0.15, 0.2) is 18.2 Å². The Morgan fingerprint density at radius 3 is 2.81 bits per heavy atom. The number of anilines is 1. The van der Waals surface area contributed by atoms with Gasteiger partial charge in [0, 0.05) is 18.7 Å². The van der Waals surface area contributed by atoms with Gasteiger partial charge in [-0.1, -0.05) is 6.07 Å². The number of amides is 2. The predicted octanol–water partition coefficient (Wildman–Crippen LogP) is 1.74. The van der Waals surface area contributed by atoms with Crippen molar-refractivity contribution in [1.82, 2.24) is 9.88 Å². The van der Waals surface area contributed by atoms with Gasteiger partial charge in [-0.15, -0.1) is 0 Å². The number of alkyl halides is 3. The number of aromatic nitrogens is 1. The van der Waals surface area contributed by atoms with Crippen molar-refractivity contribution in [3.05, 3.63) is 23.9 Å². The maximum absolute atomic E-state index is 12.3. The number of likely N-dealkylation sites (tertiary alicyclic amines) is 1. The molecule has 0 saturated carbocycles. The lowest BCUT2D eigenvalue weighted by molar-refractivity contribution is -0.157. The summed E-state index contributed by atoms with van der Waals surface area (Å²) in [5.41, 5.74) is 0.703. The summed E-state index contributed by atoms with van der Waals surface area (Å²) in [5.74, 6) is -1.63. The van der Waals surface area contributed by atoms with E-state index in [4.69, 9.17) is 0 Å². The zero-order valence-electron chi connectivity index (χ0n) is 11.3. The number of carbonyl (C=O) groups is 2. The summed E-state index contributed by atoms with van der Waals surface area (Å²) in [7, 11) is 0. The SMILES string of the molecule is Cc1cccc(NC(=O)[C@@H]2CC(=O)N(CC(F)(F)F)C2)n1. The molecule has 0 spiro atoms. The van der Waals surface area contributed by atoms with Gasteiger partial charge in [-0.2, -0.15) is 13.2 Å². The second-order valence-electron chi connectivity index (χ2n) is 4.94. The fraction of sp³-hybridized carbons (Fsp3) is 0.462. The van der Waals surface area contributed by atoms with Gasteiger partial charge in [0.15, 0.2) is 0 Å². The largest absolute Gasteiger partial charge is 0.406 e. The Kier molecular flexibility index (Phi) is 4.15. The third-order valence-electron chi connectivity index (χ3n) is 3.10. The fourth-order valence-electron chi connectivity index (χ4n) is 2.16. The summed E-state index contributed by atoms with van der Waals surface area (Å²) in [4.78, 5) is 28.2. The molecule has 1 fully saturated rings. The van der Waals surface area contributed by atoms with E-state index in [1.165, 1.54) is 0 Å². The second kappa shape index (κ2) is 5.71. The van der Waals surface area contributed by atoms with Crippen molar-refractivity contribution in [1.29, 1.82) is 0 Å². The van der Waals surface area contributed by atoms with Crippen LogP contribution in [-0.2, 0) is 9.59 Å². The molecule has 2 rings (SSSR count). The number of carbonyl (C=O) groups excluding carboxylic acids is 2. The van der Waals surface area contributed by atoms with Crippen LogP contribution in [0.1, 0.15) is 12.1 Å². The van der Waals surface area contributed by atoms with Crippen LogP contribution in [0.4, 0.5) is 19.0 Å². The van der Waals surface area contributed by atoms with Crippen LogP contribution >= 0.6 is 0 Å². The standard InChI is InChI=1S/C13H14F3N3O2/c1-8-3-2-4-10(17-8)18-12(21)9-5-11(20)19(6-9)7-13(14,15)16/h2-4,9H,5-7H2,1H3,(H,17,18,21)/t9-/m1/s1. The van der Waals surface area contributed by atoms with Crippen LogP contribution in [0.2, 0.25) is 0 Å². The molecule has 1 aromatic rings. The Hall–Kier alpha value is -2.12. The van der Waals surface area contributed by atoms with E-state index in [-0.39, 0.29) is 13.0 Å². The minimum atomic E-state index is -4.46. The van der Waals surface area contributed by atoms with Crippen molar-refractivity contribution >= 4 is 17.6 Å². The molecule has 1 aromatic heterocycles. The van der Waals surface area contributed by atoms with Gasteiger partial charge in [-0.25, -0.2) is 4.98 Å². The maximum atomic E-state index is 12.3. The first-order valence-electron chi connectivity index (χ1n) is 6.33. The van der Waals surface area contributed by atoms with Crippen LogP contribution in [-0.4, -0.2) is 41.0 Å². The van der Waals surface area contributed by atoms with Crippen LogP contribution in [0.5, 0.6) is 0 Å². The molecule has 0 aromatic carbocycles. The lowest BCUT2D eigenvalue weighted by Gasteiger charge is -2.18. The Bertz CT molecular complexity index is 560. The fourth-order valence-corrected chi connectivity index (χ4v) is 2.16. The quantitative estimate of drug-likeness (QED) is 0.925. The summed E-state index contributed by atoms with van der Waals surface area (Å²) in [6.07, 6.45) is -4.67. The molecule has 0 aliphatic carbocycles. The van der Waals surface area contributed by atoms with E-state index < -0.39 is 30.5 Å². The number of hydrogen-bond acceptors (Lipinski definition) is 3. The Labute approximate surface area is 119 Å². The van der Waals surface area contributed by atoms with E-state index in [1.807, 2.05) is 0 Å². The highest BCUT2D eigenvalue weighted by Crippen LogP contribution is 2.24. The molecule has 1 N–H and O–H groups in total. The number of pyridine rings is 1. The zero-order chi connectivity index (χ0) is 15.6. The molecule has 0 bridgehead atoms. The van der Waals surface area contributed by atoms with Gasteiger partial charge in [0.2, 0.25) is 11.8 Å². The molecule has 0 radical (unpaired) electrons. The molecule has 5 nitrogen and oxygen atoms in total. The van der Waals surface area contributed by atoms with Gasteiger partial charge in [0.1, 0.15) is 12.4 Å². The highest BCUT2D eigenvalue weighted by molar-refractivity contribution is 5.96. The first kappa shape index (κ1) is 15.3. The number of halogens is 3. The molecule has 2 amide bonds. The first-order valence-corrected chi connectivity index (χ1v) is 6.33. The van der Waals surface area contributed by atoms with E-state index in [2.05, 4.69) is 10.3 Å². The molecule has 2 heterocycles. The van der Waals surface area contributed by atoms with E-state index >= 15 is 0 Å². The van der Waals surface area contributed by atoms with Crippen LogP contribution < -0.4 is 5.32 Å². The maximum Gasteiger partial charge on any atom is 0.406 e. The van der Waals surface area contributed by atoms with Crippen molar-refractivity contribution in [2.45, 2.75) is 19.5 Å². The monoisotopic (exact) mass is 301 g/mol. The highest BCUT2D eigenvalue weighted by Gasteiger charge is 2.40. The number of rotatable bonds is 3. The first-order chi connectivity index (χ1) is 9.74. The van der Waals surface area contributed by atoms with Crippen LogP contribution in [0.3, 0.4) is 0 Å². The van der Waals surface area contributed by atoms with Crippen LogP contribution in [0, 0.1) is 12.8 Å². The van der Waals surface area contributed by atoms with Crippen molar-refractivity contribution in [2.75, 3.05) is 18.4 Å². The van der Waals surface area contributed by atoms with Gasteiger partial charge < -0.3 is 10.2 Å². The molecule has 1 atom stereocenters. The molecule has 1 aliphatic rings. The van der Waals surface area contributed by atoms with Gasteiger partial charge in [0.05, 0.1) is 5.92 Å². The average molecular weight is 301 g/mol. The number of nitrogens with zero attached hydrogens (tertiary/aromatic N) is 2. The molecule has 0 unspecified atom stereocenters. The lowest BCUT2D eigenvalue weighted by atomic mass is 10.1. The van der Waals surface area contributed by atoms with Crippen molar-refractivity contribution in [2.24, 2.45) is 5.92 Å². The molecular weight excluding hydrogens is 287 g/mol. The van der Waals surface area contributed by atoms with Gasteiger partial charge in [-0.3, -0.25) is 9.59 Å². The third kappa shape index (κ3) is 4.17. The predicted molar refractivity (Wildman–Crippen MR) is 68.3 cm³/mol. The minimum Gasteiger partial charge on any atom is -0.333 e. The summed E-state index contributed by atoms with van der Waals surface area (Å²) >= 11 is 0. The normalized spacial score (nSPS) is 19.0. The Morgan fingerprint density at radius 2 is 2.19 bits per heavy atom. The van der Waals surface area contributed by atoms with Crippen LogP contribution in [0.25, 0.3) is 0 Å². The lowest BCUT2D eigenvalue weighted by Crippen LogP contribution is -2.36. The topological polar surface area (TPSA) is 62.3 Å². The third-order valence-corrected chi connectivity index (χ3v) is 3.10. The smallest absolute Gasteiger partial charge is 0.333 e. The number of aryl methyl sites for hydroxylation is 1. The number of nitrogens with one attached hydrogen (secondary N) is 1. The molecule has 1 aliphatic heterocycles. The van der Waals surface area contributed by atoms with Gasteiger partial charge >= 0.3 is 6.18 Å². The van der Waals surface area contributed by atoms with Crippen molar-refractivity contribution in [3.63, 3.8) is 0 Å². The minimum absolute atomic E-state index is 0.215. The van der Waals surface area contributed by atoms with Gasteiger partial charge in [-0.05, 0) is 19.1 Å². The average Bonchev–Trinajstić information content (AvgIpc) is 2.69. The van der Waals surface area contributed by atoms with E-state index in [0.29, 0.717) is 16.4 Å². The van der Waals surface area contributed by atoms with E-state index in [1.54, 1.807) is 25.1 Å². The summed E-state index contributed by atoms with van der Waals surface area (Å²) in [6, 6.07) is 5.03. The molecule has 21 heavy (non-hydrogen) atoms. The highest BCUT2D eigenvalue weighted by atomic mass is 19.4. The Morgan fingerprint density at radius 1 is 1.48 bits per heavy atom.